The Kier molecular flexibility index (Phi) is 4.89. The highest BCUT2D eigenvalue weighted by atomic mass is 32.2. The maximum Gasteiger partial charge on any atom is 0.337 e. The summed E-state index contributed by atoms with van der Waals surface area (Å²) in [4.78, 5) is 27.9. The number of ether oxygens (including phenoxy) is 1. The highest BCUT2D eigenvalue weighted by Gasteiger charge is 2.35. The van der Waals surface area contributed by atoms with E-state index in [-0.39, 0.29) is 11.4 Å². The highest BCUT2D eigenvalue weighted by molar-refractivity contribution is 8.26. The lowest BCUT2D eigenvalue weighted by Crippen LogP contribution is -2.35. The van der Waals surface area contributed by atoms with Gasteiger partial charge in [-0.25, -0.2) is 4.79 Å². The van der Waals surface area contributed by atoms with Gasteiger partial charge in [-0.3, -0.25) is 10.2 Å². The molecule has 2 aromatic rings. The van der Waals surface area contributed by atoms with E-state index >= 15 is 0 Å². The Morgan fingerprint density at radius 2 is 2.03 bits per heavy atom. The summed E-state index contributed by atoms with van der Waals surface area (Å²) < 4.78 is 10.5. The van der Waals surface area contributed by atoms with Crippen LogP contribution in [0, 0.1) is 5.41 Å². The van der Waals surface area contributed by atoms with E-state index in [1.165, 1.54) is 30.0 Å². The number of furan rings is 1. The fraction of sp³-hybridized carbons (Fsp3) is 0.150. The smallest absolute Gasteiger partial charge is 0.337 e. The lowest BCUT2D eigenvalue weighted by molar-refractivity contribution is -0.114. The van der Waals surface area contributed by atoms with Crippen molar-refractivity contribution in [2.45, 2.75) is 13.3 Å². The molecule has 0 spiro atoms. The average molecular weight is 408 g/mol. The number of esters is 1. The molecule has 1 aromatic heterocycles. The number of hydrogen-bond donors (Lipinski definition) is 1. The predicted octanol–water partition coefficient (Wildman–Crippen LogP) is 3.76. The van der Waals surface area contributed by atoms with E-state index in [0.29, 0.717) is 28.7 Å². The van der Waals surface area contributed by atoms with Crippen LogP contribution >= 0.6 is 11.8 Å². The van der Waals surface area contributed by atoms with Crippen LogP contribution < -0.4 is 0 Å². The van der Waals surface area contributed by atoms with Crippen LogP contribution in [-0.4, -0.2) is 40.0 Å². The van der Waals surface area contributed by atoms with Gasteiger partial charge in [-0.2, -0.15) is 15.1 Å². The molecule has 2 aliphatic heterocycles. The third-order valence-corrected chi connectivity index (χ3v) is 5.36. The summed E-state index contributed by atoms with van der Waals surface area (Å²) in [6.07, 6.45) is 2.19. The van der Waals surface area contributed by atoms with Crippen molar-refractivity contribution in [1.82, 2.24) is 5.01 Å². The van der Waals surface area contributed by atoms with Gasteiger partial charge in [-0.15, -0.1) is 0 Å². The highest BCUT2D eigenvalue weighted by Crippen LogP contribution is 2.30. The molecule has 0 aliphatic carbocycles. The van der Waals surface area contributed by atoms with Crippen molar-refractivity contribution in [3.8, 4) is 11.3 Å². The number of amidine groups is 2. The Balaban J connectivity index is 1.59. The van der Waals surface area contributed by atoms with Crippen LogP contribution in [0.15, 0.2) is 56.5 Å². The molecule has 29 heavy (non-hydrogen) atoms. The number of benzene rings is 1. The molecule has 1 aromatic carbocycles. The Labute approximate surface area is 170 Å². The van der Waals surface area contributed by atoms with Gasteiger partial charge in [0.2, 0.25) is 5.17 Å². The zero-order valence-electron chi connectivity index (χ0n) is 15.6. The summed E-state index contributed by atoms with van der Waals surface area (Å²) in [6.45, 7) is 1.95. The minimum atomic E-state index is -0.498. The van der Waals surface area contributed by atoms with Crippen molar-refractivity contribution in [3.63, 3.8) is 0 Å². The first-order chi connectivity index (χ1) is 14.0. The molecular formula is C20H16N4O4S. The fourth-order valence-electron chi connectivity index (χ4n) is 2.79. The van der Waals surface area contributed by atoms with Crippen LogP contribution in [0.25, 0.3) is 17.4 Å². The summed E-state index contributed by atoms with van der Waals surface area (Å²) in [5.41, 5.74) is 1.31. The standard InChI is InChI=1S/C20H16N4O4S/c1-3-16-23-24-17(21)14(18(25)22-20(24)29-16)10-13-8-9-15(28-13)11-4-6-12(7-5-11)19(26)27-2/h4-10,21H,3H2,1-2H3. The summed E-state index contributed by atoms with van der Waals surface area (Å²) in [5, 5.41) is 15.2. The quantitative estimate of drug-likeness (QED) is 0.609. The number of amides is 1. The number of hydrazone groups is 1. The maximum absolute atomic E-state index is 12.4. The Morgan fingerprint density at radius 3 is 2.72 bits per heavy atom. The first-order valence-corrected chi connectivity index (χ1v) is 9.59. The van der Waals surface area contributed by atoms with E-state index in [4.69, 9.17) is 9.83 Å². The topological polar surface area (TPSA) is 108 Å². The normalized spacial score (nSPS) is 17.3. The molecule has 0 atom stereocenters. The van der Waals surface area contributed by atoms with Crippen molar-refractivity contribution in [1.29, 1.82) is 5.41 Å². The SMILES string of the molecule is CCC1=NN2C(=N)C(=Cc3ccc(-c4ccc(C(=O)OC)cc4)o3)C(=O)N=C2S1. The van der Waals surface area contributed by atoms with Gasteiger partial charge >= 0.3 is 5.97 Å². The van der Waals surface area contributed by atoms with Crippen LogP contribution in [0.1, 0.15) is 29.5 Å². The Bertz CT molecular complexity index is 1110. The second-order valence-corrected chi connectivity index (χ2v) is 7.18. The summed E-state index contributed by atoms with van der Waals surface area (Å²) in [7, 11) is 1.33. The third kappa shape index (κ3) is 3.52. The second kappa shape index (κ2) is 7.51. The van der Waals surface area contributed by atoms with Crippen molar-refractivity contribution in [2.75, 3.05) is 7.11 Å². The average Bonchev–Trinajstić information content (AvgIpc) is 3.37. The van der Waals surface area contributed by atoms with Gasteiger partial charge in [-0.1, -0.05) is 19.1 Å². The Morgan fingerprint density at radius 1 is 1.28 bits per heavy atom. The number of methoxy groups -OCH3 is 1. The summed E-state index contributed by atoms with van der Waals surface area (Å²) >= 11 is 1.30. The van der Waals surface area contributed by atoms with Crippen LogP contribution in [0.4, 0.5) is 0 Å². The zero-order chi connectivity index (χ0) is 20.5. The molecule has 0 fully saturated rings. The summed E-state index contributed by atoms with van der Waals surface area (Å²) in [5.74, 6) is 0.0354. The molecule has 4 rings (SSSR count). The van der Waals surface area contributed by atoms with E-state index in [9.17, 15) is 9.59 Å². The van der Waals surface area contributed by atoms with Crippen molar-refractivity contribution < 1.29 is 18.7 Å². The van der Waals surface area contributed by atoms with Crippen molar-refractivity contribution >= 4 is 45.8 Å². The maximum atomic E-state index is 12.4. The van der Waals surface area contributed by atoms with Gasteiger partial charge in [0.15, 0.2) is 5.84 Å². The van der Waals surface area contributed by atoms with E-state index in [0.717, 1.165) is 10.6 Å². The minimum Gasteiger partial charge on any atom is -0.465 e. The van der Waals surface area contributed by atoms with E-state index in [1.807, 2.05) is 6.92 Å². The molecule has 2 aliphatic rings. The number of carbonyl (C=O) groups excluding carboxylic acids is 2. The molecule has 146 valence electrons. The molecule has 9 heteroatoms. The van der Waals surface area contributed by atoms with Gasteiger partial charge in [0, 0.05) is 5.56 Å². The third-order valence-electron chi connectivity index (χ3n) is 4.30. The second-order valence-electron chi connectivity index (χ2n) is 6.14. The van der Waals surface area contributed by atoms with Crippen LogP contribution in [-0.2, 0) is 9.53 Å². The molecule has 0 saturated heterocycles. The monoisotopic (exact) mass is 408 g/mol. The molecule has 1 amide bonds. The number of thioether (sulfide) groups is 1. The number of carbonyl (C=O) groups is 2. The molecule has 0 bridgehead atoms. The zero-order valence-corrected chi connectivity index (χ0v) is 16.4. The van der Waals surface area contributed by atoms with Gasteiger partial charge in [0.1, 0.15) is 16.6 Å². The van der Waals surface area contributed by atoms with Crippen molar-refractivity contribution in [3.05, 3.63) is 53.3 Å². The molecule has 0 unspecified atom stereocenters. The number of hydrogen-bond acceptors (Lipinski definition) is 7. The number of nitrogens with one attached hydrogen (secondary N) is 1. The number of aliphatic imine (C=N–C) groups is 1. The molecule has 0 radical (unpaired) electrons. The van der Waals surface area contributed by atoms with Gasteiger partial charge < -0.3 is 9.15 Å². The molecule has 0 saturated carbocycles. The molecule has 8 nitrogen and oxygen atoms in total. The first kappa shape index (κ1) is 18.9. The van der Waals surface area contributed by atoms with Crippen LogP contribution in [0.5, 0.6) is 0 Å². The van der Waals surface area contributed by atoms with Gasteiger partial charge in [-0.05, 0) is 48.5 Å². The lowest BCUT2D eigenvalue weighted by atomic mass is 10.1. The van der Waals surface area contributed by atoms with Crippen molar-refractivity contribution in [2.24, 2.45) is 10.1 Å². The Hall–Kier alpha value is -3.46. The van der Waals surface area contributed by atoms with E-state index in [1.54, 1.807) is 36.4 Å². The lowest BCUT2D eigenvalue weighted by Gasteiger charge is -2.19. The number of fused-ring (bicyclic) bond motifs is 1. The molecular weight excluding hydrogens is 392 g/mol. The first-order valence-electron chi connectivity index (χ1n) is 8.78. The largest absolute Gasteiger partial charge is 0.465 e. The fourth-order valence-corrected chi connectivity index (χ4v) is 3.62. The van der Waals surface area contributed by atoms with E-state index in [2.05, 4.69) is 14.8 Å². The number of nitrogens with zero attached hydrogens (tertiary/aromatic N) is 3. The minimum absolute atomic E-state index is 0.0312. The van der Waals surface area contributed by atoms with Gasteiger partial charge in [0.05, 0.1) is 18.2 Å². The van der Waals surface area contributed by atoms with Crippen LogP contribution in [0.2, 0.25) is 0 Å². The molecule has 1 N–H and O–H groups in total. The van der Waals surface area contributed by atoms with Gasteiger partial charge in [0.25, 0.3) is 5.91 Å². The van der Waals surface area contributed by atoms with E-state index < -0.39 is 11.9 Å². The predicted molar refractivity (Wildman–Crippen MR) is 111 cm³/mol. The molecule has 3 heterocycles. The summed E-state index contributed by atoms with van der Waals surface area (Å²) in [6, 6.07) is 10.2. The number of rotatable bonds is 4. The van der Waals surface area contributed by atoms with Crippen LogP contribution in [0.3, 0.4) is 0 Å².